The topological polar surface area (TPSA) is 52.6 Å². The number of nitrogens with zero attached hydrogens (tertiary/aromatic N) is 1. The van der Waals surface area contributed by atoms with Crippen molar-refractivity contribution in [3.63, 3.8) is 0 Å². The second-order valence-corrected chi connectivity index (χ2v) is 5.37. The second kappa shape index (κ2) is 4.72. The predicted octanol–water partition coefficient (Wildman–Crippen LogP) is 0.502. The van der Waals surface area contributed by atoms with Crippen LogP contribution in [0.1, 0.15) is 39.0 Å². The number of aliphatic hydroxyl groups is 1. The van der Waals surface area contributed by atoms with Crippen LogP contribution in [-0.2, 0) is 4.79 Å². The molecule has 16 heavy (non-hydrogen) atoms. The van der Waals surface area contributed by atoms with Gasteiger partial charge in [0.25, 0.3) is 0 Å². The van der Waals surface area contributed by atoms with Gasteiger partial charge in [0.15, 0.2) is 0 Å². The number of hydrogen-bond acceptors (Lipinski definition) is 3. The number of nitrogens with one attached hydrogen (secondary N) is 1. The Bertz CT molecular complexity index is 266. The van der Waals surface area contributed by atoms with Crippen molar-refractivity contribution in [2.75, 3.05) is 19.6 Å². The van der Waals surface area contributed by atoms with E-state index in [0.717, 1.165) is 45.2 Å². The maximum absolute atomic E-state index is 11.9. The molecule has 0 radical (unpaired) electrons. The molecule has 2 saturated heterocycles. The Balaban J connectivity index is 2.01. The predicted molar refractivity (Wildman–Crippen MR) is 62.1 cm³/mol. The van der Waals surface area contributed by atoms with E-state index in [1.54, 1.807) is 0 Å². The number of carbonyl (C=O) groups excluding carboxylic acids is 1. The summed E-state index contributed by atoms with van der Waals surface area (Å²) in [5.74, 6) is 0.148. The molecule has 2 N–H and O–H groups in total. The maximum atomic E-state index is 11.9. The summed E-state index contributed by atoms with van der Waals surface area (Å²) in [7, 11) is 0. The van der Waals surface area contributed by atoms with Gasteiger partial charge in [-0.15, -0.1) is 0 Å². The van der Waals surface area contributed by atoms with Crippen molar-refractivity contribution in [3.8, 4) is 0 Å². The van der Waals surface area contributed by atoms with Gasteiger partial charge in [-0.1, -0.05) is 0 Å². The van der Waals surface area contributed by atoms with E-state index in [0.29, 0.717) is 6.54 Å². The van der Waals surface area contributed by atoms with Gasteiger partial charge in [0.2, 0.25) is 5.91 Å². The Morgan fingerprint density at radius 1 is 1.44 bits per heavy atom. The highest BCUT2D eigenvalue weighted by atomic mass is 16.3. The molecule has 4 heteroatoms. The average Bonchev–Trinajstić information content (AvgIpc) is 2.41. The molecule has 2 rings (SSSR count). The minimum absolute atomic E-state index is 0.0192. The third-order valence-electron chi connectivity index (χ3n) is 3.65. The number of carbonyl (C=O) groups is 1. The molecule has 0 aromatic rings. The molecular formula is C12H22N2O2. The number of piperidine rings is 1. The zero-order chi connectivity index (χ0) is 11.6. The Morgan fingerprint density at radius 2 is 2.25 bits per heavy atom. The summed E-state index contributed by atoms with van der Waals surface area (Å²) >= 11 is 0. The fraction of sp³-hybridized carbons (Fsp3) is 0.917. The van der Waals surface area contributed by atoms with E-state index in [-0.39, 0.29) is 11.9 Å². The van der Waals surface area contributed by atoms with Gasteiger partial charge < -0.3 is 10.4 Å². The first-order chi connectivity index (χ1) is 7.58. The van der Waals surface area contributed by atoms with Gasteiger partial charge in [0, 0.05) is 13.1 Å². The van der Waals surface area contributed by atoms with Crippen LogP contribution in [0.15, 0.2) is 0 Å². The van der Waals surface area contributed by atoms with Crippen molar-refractivity contribution in [1.29, 1.82) is 0 Å². The average molecular weight is 226 g/mol. The fourth-order valence-corrected chi connectivity index (χ4v) is 2.80. The lowest BCUT2D eigenvalue weighted by Gasteiger charge is -2.40. The number of hydrogen-bond donors (Lipinski definition) is 2. The largest absolute Gasteiger partial charge is 0.389 e. The molecule has 2 aliphatic rings. The number of β-amino-alcohol motifs (C(OH)–C–C–N with tert-alkyl or cyclic N) is 1. The monoisotopic (exact) mass is 226 g/mol. The van der Waals surface area contributed by atoms with Gasteiger partial charge in [-0.05, 0) is 45.6 Å². The summed E-state index contributed by atoms with van der Waals surface area (Å²) in [6.45, 7) is 4.24. The van der Waals surface area contributed by atoms with Crippen molar-refractivity contribution >= 4 is 5.91 Å². The second-order valence-electron chi connectivity index (χ2n) is 5.37. The molecule has 2 aliphatic heterocycles. The van der Waals surface area contributed by atoms with Gasteiger partial charge >= 0.3 is 0 Å². The fourth-order valence-electron chi connectivity index (χ4n) is 2.80. The first-order valence-corrected chi connectivity index (χ1v) is 6.33. The van der Waals surface area contributed by atoms with Crippen LogP contribution in [0, 0.1) is 0 Å². The van der Waals surface area contributed by atoms with E-state index >= 15 is 0 Å². The van der Waals surface area contributed by atoms with Crippen molar-refractivity contribution in [3.05, 3.63) is 0 Å². The van der Waals surface area contributed by atoms with Crippen LogP contribution in [0.2, 0.25) is 0 Å². The highest BCUT2D eigenvalue weighted by molar-refractivity contribution is 5.81. The molecule has 2 fully saturated rings. The molecule has 2 atom stereocenters. The Hall–Kier alpha value is -0.610. The smallest absolute Gasteiger partial charge is 0.237 e. The highest BCUT2D eigenvalue weighted by Crippen LogP contribution is 2.24. The molecule has 92 valence electrons. The van der Waals surface area contributed by atoms with Gasteiger partial charge in [-0.25, -0.2) is 0 Å². The summed E-state index contributed by atoms with van der Waals surface area (Å²) in [6, 6.07) is -0.0192. The summed E-state index contributed by atoms with van der Waals surface area (Å²) in [4.78, 5) is 14.0. The van der Waals surface area contributed by atoms with Crippen molar-refractivity contribution in [1.82, 2.24) is 10.2 Å². The third kappa shape index (κ3) is 2.74. The van der Waals surface area contributed by atoms with Gasteiger partial charge in [-0.2, -0.15) is 0 Å². The van der Waals surface area contributed by atoms with Crippen molar-refractivity contribution in [2.45, 2.75) is 50.7 Å². The first kappa shape index (κ1) is 11.9. The van der Waals surface area contributed by atoms with Crippen LogP contribution in [0.5, 0.6) is 0 Å². The van der Waals surface area contributed by atoms with Crippen LogP contribution in [0.4, 0.5) is 0 Å². The lowest BCUT2D eigenvalue weighted by molar-refractivity contribution is -0.128. The lowest BCUT2D eigenvalue weighted by Crippen LogP contribution is -2.54. The highest BCUT2D eigenvalue weighted by Gasteiger charge is 2.35. The quantitative estimate of drug-likeness (QED) is 0.684. The van der Waals surface area contributed by atoms with E-state index in [1.807, 2.05) is 6.92 Å². The molecule has 2 heterocycles. The molecule has 4 nitrogen and oxygen atoms in total. The number of rotatable bonds is 1. The van der Waals surface area contributed by atoms with Crippen LogP contribution >= 0.6 is 0 Å². The lowest BCUT2D eigenvalue weighted by atomic mass is 9.93. The normalized spacial score (nSPS) is 37.9. The molecule has 0 saturated carbocycles. The van der Waals surface area contributed by atoms with E-state index < -0.39 is 5.60 Å². The molecule has 1 amide bonds. The van der Waals surface area contributed by atoms with Crippen molar-refractivity contribution < 1.29 is 9.90 Å². The SMILES string of the molecule is CC1(O)CCCN(C2CCCCNC2=O)C1. The molecule has 0 bridgehead atoms. The molecule has 2 unspecified atom stereocenters. The third-order valence-corrected chi connectivity index (χ3v) is 3.65. The van der Waals surface area contributed by atoms with Crippen molar-refractivity contribution in [2.24, 2.45) is 0 Å². The van der Waals surface area contributed by atoms with Gasteiger partial charge in [0.1, 0.15) is 0 Å². The standard InChI is InChI=1S/C12H22N2O2/c1-12(16)6-4-8-14(9-12)10-5-2-3-7-13-11(10)15/h10,16H,2-9H2,1H3,(H,13,15). The van der Waals surface area contributed by atoms with E-state index in [4.69, 9.17) is 0 Å². The molecular weight excluding hydrogens is 204 g/mol. The zero-order valence-electron chi connectivity index (χ0n) is 10.0. The summed E-state index contributed by atoms with van der Waals surface area (Å²) < 4.78 is 0. The minimum atomic E-state index is -0.620. The summed E-state index contributed by atoms with van der Waals surface area (Å²) in [5, 5.41) is 13.0. The van der Waals surface area contributed by atoms with Crippen LogP contribution in [-0.4, -0.2) is 47.2 Å². The Labute approximate surface area is 97.0 Å². The van der Waals surface area contributed by atoms with E-state index in [9.17, 15) is 9.90 Å². The number of likely N-dealkylation sites (tertiary alicyclic amines) is 1. The maximum Gasteiger partial charge on any atom is 0.237 e. The van der Waals surface area contributed by atoms with Crippen LogP contribution in [0.3, 0.4) is 0 Å². The first-order valence-electron chi connectivity index (χ1n) is 6.33. The molecule has 0 spiro atoms. The summed E-state index contributed by atoms with van der Waals surface area (Å²) in [5.41, 5.74) is -0.620. The van der Waals surface area contributed by atoms with Crippen LogP contribution in [0.25, 0.3) is 0 Å². The Morgan fingerprint density at radius 3 is 3.00 bits per heavy atom. The Kier molecular flexibility index (Phi) is 3.50. The molecule has 0 aromatic heterocycles. The van der Waals surface area contributed by atoms with Crippen LogP contribution < -0.4 is 5.32 Å². The van der Waals surface area contributed by atoms with E-state index in [1.165, 1.54) is 0 Å². The van der Waals surface area contributed by atoms with Gasteiger partial charge in [-0.3, -0.25) is 9.69 Å². The molecule has 0 aliphatic carbocycles. The zero-order valence-corrected chi connectivity index (χ0v) is 10.0. The minimum Gasteiger partial charge on any atom is -0.389 e. The number of amides is 1. The summed E-state index contributed by atoms with van der Waals surface area (Å²) in [6.07, 6.45) is 4.94. The van der Waals surface area contributed by atoms with E-state index in [2.05, 4.69) is 10.2 Å². The van der Waals surface area contributed by atoms with Gasteiger partial charge in [0.05, 0.1) is 11.6 Å². The molecule has 0 aromatic carbocycles.